The van der Waals surface area contributed by atoms with Crippen LogP contribution in [-0.4, -0.2) is 35.8 Å². The average Bonchev–Trinajstić information content (AvgIpc) is 1.60. The first-order chi connectivity index (χ1) is 4.33. The molecule has 0 amide bonds. The molecular weight excluding hydrogens is 162 g/mol. The molecule has 0 saturated heterocycles. The van der Waals surface area contributed by atoms with Crippen LogP contribution in [0.1, 0.15) is 0 Å². The molecule has 10 heavy (non-hydrogen) atoms. The number of carbonyl (C=O) groups is 1. The highest BCUT2D eigenvalue weighted by Gasteiger charge is 2.18. The zero-order valence-corrected chi connectivity index (χ0v) is 5.71. The fourth-order valence-electron chi connectivity index (χ4n) is 0.298. The predicted octanol–water partition coefficient (Wildman–Crippen LogP) is -1.71. The Morgan fingerprint density at radius 2 is 2.00 bits per heavy atom. The molecule has 0 spiro atoms. The lowest BCUT2D eigenvalue weighted by Gasteiger charge is -2.01. The molecule has 0 aliphatic carbocycles. The topological polar surface area (TPSA) is 118 Å². The van der Waals surface area contributed by atoms with Gasteiger partial charge in [0, 0.05) is 0 Å². The van der Waals surface area contributed by atoms with Crippen molar-refractivity contribution in [1.29, 1.82) is 0 Å². The van der Waals surface area contributed by atoms with Crippen molar-refractivity contribution in [2.24, 2.45) is 5.73 Å². The lowest BCUT2D eigenvalue weighted by atomic mass is 10.4. The van der Waals surface area contributed by atoms with E-state index in [1.807, 2.05) is 0 Å². The summed E-state index contributed by atoms with van der Waals surface area (Å²) in [7, 11) is -4.27. The van der Waals surface area contributed by atoms with E-state index in [0.29, 0.717) is 0 Å². The number of hydrogen-bond acceptors (Lipinski definition) is 4. The zero-order valence-electron chi connectivity index (χ0n) is 4.89. The summed E-state index contributed by atoms with van der Waals surface area (Å²) in [5.74, 6) is -2.42. The van der Waals surface area contributed by atoms with Gasteiger partial charge in [0.1, 0.15) is 11.8 Å². The van der Waals surface area contributed by atoms with Gasteiger partial charge in [0.25, 0.3) is 10.1 Å². The van der Waals surface area contributed by atoms with Gasteiger partial charge < -0.3 is 10.8 Å². The molecule has 7 heteroatoms. The SMILES string of the molecule is N[C@H](CS(=O)(=O)O)C(=O)O. The van der Waals surface area contributed by atoms with Crippen LogP contribution in [0.15, 0.2) is 0 Å². The van der Waals surface area contributed by atoms with Crippen LogP contribution in [-0.2, 0) is 14.9 Å². The van der Waals surface area contributed by atoms with E-state index >= 15 is 0 Å². The van der Waals surface area contributed by atoms with Crippen molar-refractivity contribution in [3.63, 3.8) is 0 Å². The minimum Gasteiger partial charge on any atom is -0.480 e. The van der Waals surface area contributed by atoms with Crippen LogP contribution in [0.25, 0.3) is 0 Å². The van der Waals surface area contributed by atoms with Gasteiger partial charge in [-0.25, -0.2) is 0 Å². The molecule has 0 bridgehead atoms. The quantitative estimate of drug-likeness (QED) is 0.433. The molecule has 0 aliphatic rings. The van der Waals surface area contributed by atoms with E-state index in [4.69, 9.17) is 15.4 Å². The number of nitrogens with two attached hydrogens (primary N) is 1. The Balaban J connectivity index is 4.06. The third-order valence-corrected chi connectivity index (χ3v) is 1.49. The van der Waals surface area contributed by atoms with Crippen molar-refractivity contribution < 1.29 is 22.9 Å². The van der Waals surface area contributed by atoms with E-state index < -0.39 is 27.9 Å². The first-order valence-electron chi connectivity index (χ1n) is 2.26. The number of carboxylic acids is 1. The fourth-order valence-corrected chi connectivity index (χ4v) is 0.895. The van der Waals surface area contributed by atoms with E-state index in [1.165, 1.54) is 0 Å². The molecule has 0 aromatic heterocycles. The Kier molecular flexibility index (Phi) is 2.76. The van der Waals surface area contributed by atoms with Crippen LogP contribution >= 0.6 is 0 Å². The maximum atomic E-state index is 9.96. The van der Waals surface area contributed by atoms with Crippen LogP contribution in [0, 0.1) is 0 Å². The summed E-state index contributed by atoms with van der Waals surface area (Å²) in [5.41, 5.74) is 4.76. The summed E-state index contributed by atoms with van der Waals surface area (Å²) in [4.78, 5) is 9.88. The molecule has 4 N–H and O–H groups in total. The molecule has 6 nitrogen and oxygen atoms in total. The molecule has 0 heterocycles. The van der Waals surface area contributed by atoms with E-state index in [1.54, 1.807) is 0 Å². The Morgan fingerprint density at radius 3 is 2.10 bits per heavy atom. The minimum atomic E-state index is -4.27. The van der Waals surface area contributed by atoms with E-state index in [0.717, 1.165) is 0 Å². The van der Waals surface area contributed by atoms with Gasteiger partial charge in [0.05, 0.1) is 0 Å². The van der Waals surface area contributed by atoms with Gasteiger partial charge in [0.2, 0.25) is 0 Å². The van der Waals surface area contributed by atoms with Gasteiger partial charge in [-0.15, -0.1) is 0 Å². The van der Waals surface area contributed by atoms with Crippen molar-refractivity contribution >= 4 is 16.1 Å². The third kappa shape index (κ3) is 4.24. The Hall–Kier alpha value is -0.660. The number of carboxylic acid groups (broad SMARTS) is 1. The second-order valence-corrected chi connectivity index (χ2v) is 3.19. The Morgan fingerprint density at radius 1 is 1.60 bits per heavy atom. The van der Waals surface area contributed by atoms with Crippen LogP contribution in [0.5, 0.6) is 0 Å². The molecule has 1 atom stereocenters. The lowest BCUT2D eigenvalue weighted by molar-refractivity contribution is -0.138. The first-order valence-corrected chi connectivity index (χ1v) is 3.87. The van der Waals surface area contributed by atoms with Crippen molar-refractivity contribution in [3.8, 4) is 0 Å². The largest absolute Gasteiger partial charge is 0.480 e. The highest BCUT2D eigenvalue weighted by Crippen LogP contribution is 1.86. The normalized spacial score (nSPS) is 14.6. The number of hydrogen-bond donors (Lipinski definition) is 3. The molecular formula is C3H7NO5S. The highest BCUT2D eigenvalue weighted by molar-refractivity contribution is 7.85. The van der Waals surface area contributed by atoms with Crippen molar-refractivity contribution in [3.05, 3.63) is 0 Å². The van der Waals surface area contributed by atoms with Crippen LogP contribution < -0.4 is 5.73 Å². The second-order valence-electron chi connectivity index (χ2n) is 1.69. The van der Waals surface area contributed by atoms with Gasteiger partial charge in [-0.05, 0) is 0 Å². The summed E-state index contributed by atoms with van der Waals surface area (Å²) in [5, 5.41) is 8.04. The smallest absolute Gasteiger partial charge is 0.321 e. The summed E-state index contributed by atoms with van der Waals surface area (Å²) in [6, 6.07) is -1.56. The Labute approximate surface area is 57.4 Å². The highest BCUT2D eigenvalue weighted by atomic mass is 32.2. The van der Waals surface area contributed by atoms with Gasteiger partial charge in [-0.1, -0.05) is 0 Å². The predicted molar refractivity (Wildman–Crippen MR) is 32.0 cm³/mol. The molecule has 0 aliphatic heterocycles. The minimum absolute atomic E-state index is 0.956. The van der Waals surface area contributed by atoms with Crippen molar-refractivity contribution in [1.82, 2.24) is 0 Å². The molecule has 0 aromatic rings. The third-order valence-electron chi connectivity index (χ3n) is 0.707. The van der Waals surface area contributed by atoms with Crippen LogP contribution in [0.2, 0.25) is 0 Å². The summed E-state index contributed by atoms with van der Waals surface area (Å²) in [6.07, 6.45) is 0. The monoisotopic (exact) mass is 169 g/mol. The molecule has 0 fully saturated rings. The average molecular weight is 169 g/mol. The van der Waals surface area contributed by atoms with Gasteiger partial charge in [0.15, 0.2) is 0 Å². The summed E-state index contributed by atoms with van der Waals surface area (Å²) >= 11 is 0. The molecule has 0 radical (unpaired) electrons. The zero-order chi connectivity index (χ0) is 8.36. The molecule has 0 saturated carbocycles. The maximum Gasteiger partial charge on any atom is 0.321 e. The number of aliphatic carboxylic acids is 1. The summed E-state index contributed by atoms with van der Waals surface area (Å²) < 4.78 is 28.0. The van der Waals surface area contributed by atoms with E-state index in [9.17, 15) is 13.2 Å². The van der Waals surface area contributed by atoms with Gasteiger partial charge in [-0.3, -0.25) is 9.35 Å². The van der Waals surface area contributed by atoms with Crippen molar-refractivity contribution in [2.75, 3.05) is 5.75 Å². The van der Waals surface area contributed by atoms with E-state index in [-0.39, 0.29) is 0 Å². The fraction of sp³-hybridized carbons (Fsp3) is 0.667. The summed E-state index contributed by atoms with van der Waals surface area (Å²) in [6.45, 7) is 0. The second kappa shape index (κ2) is 2.95. The van der Waals surface area contributed by atoms with Crippen molar-refractivity contribution in [2.45, 2.75) is 6.04 Å². The maximum absolute atomic E-state index is 9.96. The lowest BCUT2D eigenvalue weighted by Crippen LogP contribution is -2.36. The van der Waals surface area contributed by atoms with Crippen LogP contribution in [0.3, 0.4) is 0 Å². The Bertz CT molecular complexity index is 219. The van der Waals surface area contributed by atoms with Gasteiger partial charge >= 0.3 is 5.97 Å². The van der Waals surface area contributed by atoms with E-state index in [2.05, 4.69) is 0 Å². The molecule has 0 unspecified atom stereocenters. The molecule has 60 valence electrons. The number of rotatable bonds is 3. The standard InChI is InChI=1S/C3H7NO5S/c4-2(3(5)6)1-10(7,8)9/h2H,1,4H2,(H,5,6)(H,7,8,9)/t2-/m1/s1. The van der Waals surface area contributed by atoms with Gasteiger partial charge in [-0.2, -0.15) is 8.42 Å². The van der Waals surface area contributed by atoms with Crippen LogP contribution in [0.4, 0.5) is 0 Å². The molecule has 0 rings (SSSR count). The first kappa shape index (κ1) is 9.34. The molecule has 0 aromatic carbocycles.